The zero-order valence-corrected chi connectivity index (χ0v) is 50.0. The van der Waals surface area contributed by atoms with Crippen molar-refractivity contribution in [1.29, 1.82) is 0 Å². The van der Waals surface area contributed by atoms with Crippen LogP contribution in [0.15, 0.2) is 24.3 Å². The third-order valence-electron chi connectivity index (χ3n) is 12.9. The number of rotatable bonds is 49. The summed E-state index contributed by atoms with van der Waals surface area (Å²) in [5, 5.41) is 21.8. The molecular weight excluding hydrogens is 1020 g/mol. The second-order valence-electron chi connectivity index (χ2n) is 21.4. The van der Waals surface area contributed by atoms with Gasteiger partial charge in [0, 0.05) is 26.7 Å². The Balaban J connectivity index is -0.0000266. The number of hydrogen-bond acceptors (Lipinski definition) is 14. The Hall–Kier alpha value is -3.28. The fourth-order valence-corrected chi connectivity index (χ4v) is 8.20. The van der Waals surface area contributed by atoms with E-state index in [-0.39, 0.29) is 86.9 Å². The number of esters is 6. The summed E-state index contributed by atoms with van der Waals surface area (Å²) in [5.74, 6) is -1.75. The predicted molar refractivity (Wildman–Crippen MR) is 290 cm³/mol. The molecule has 0 saturated heterocycles. The van der Waals surface area contributed by atoms with Crippen LogP contribution in [0, 0.1) is 0 Å². The fourth-order valence-electron chi connectivity index (χ4n) is 8.20. The molecule has 16 nitrogen and oxygen atoms in total. The molecular formula is C58H106Cl2N2O14. The number of aliphatic hydroxyl groups is 2. The first-order valence-electron chi connectivity index (χ1n) is 28.6. The lowest BCUT2D eigenvalue weighted by molar-refractivity contribution is -0.883. The van der Waals surface area contributed by atoms with E-state index in [1.54, 1.807) is 0 Å². The molecule has 0 rings (SSSR count). The molecule has 0 saturated carbocycles. The van der Waals surface area contributed by atoms with E-state index < -0.39 is 24.4 Å². The van der Waals surface area contributed by atoms with Crippen LogP contribution in [0.25, 0.3) is 0 Å². The number of halogens is 2. The second kappa shape index (κ2) is 50.0. The average Bonchev–Trinajstić information content (AvgIpc) is 3.32. The third kappa shape index (κ3) is 49.0. The number of allylic oxidation sites excluding steroid dienone is 2. The lowest BCUT2D eigenvalue weighted by Gasteiger charge is -2.30. The number of quaternary nitrogens is 2. The summed E-state index contributed by atoms with van der Waals surface area (Å²) in [6.07, 6.45) is 29.2. The van der Waals surface area contributed by atoms with Gasteiger partial charge in [-0.15, -0.1) is 0 Å². The standard InChI is InChI=1S/C58H106N2O14.2ClH/c1-9-11-27-37-53(73-57(67)47-59(5,6)41-45-69-49(3)61)51(63)35-29-21-17-13-15-19-23-31-39-55(65)71-43-33-25-26-34-44-72-56(66)40-32-24-20-16-14-18-22-30-36-52(64)54(38-28-12-10-2)74-58(68)48-60(7,8)42-46-70-50(4)62;;/h21-22,29-30,51-54,63-64H,9-20,23-28,31-48H2,1-8H3;2*1H/q+2;;/p-2/b29-21-,30-22-;;. The van der Waals surface area contributed by atoms with E-state index in [1.807, 2.05) is 40.3 Å². The second-order valence-corrected chi connectivity index (χ2v) is 21.4. The van der Waals surface area contributed by atoms with E-state index >= 15 is 0 Å². The van der Waals surface area contributed by atoms with Crippen molar-refractivity contribution in [3.8, 4) is 0 Å². The van der Waals surface area contributed by atoms with Crippen molar-refractivity contribution in [2.24, 2.45) is 0 Å². The van der Waals surface area contributed by atoms with Crippen LogP contribution in [0.5, 0.6) is 0 Å². The van der Waals surface area contributed by atoms with Crippen molar-refractivity contribution >= 4 is 35.8 Å². The lowest BCUT2D eigenvalue weighted by Crippen LogP contribution is -3.00. The van der Waals surface area contributed by atoms with Crippen LogP contribution in [0.3, 0.4) is 0 Å². The largest absolute Gasteiger partial charge is 1.00 e. The molecule has 76 heavy (non-hydrogen) atoms. The molecule has 0 heterocycles. The molecule has 0 aliphatic rings. The number of hydrogen-bond donors (Lipinski definition) is 2. The molecule has 0 aliphatic carbocycles. The maximum atomic E-state index is 12.8. The highest BCUT2D eigenvalue weighted by molar-refractivity contribution is 5.71. The summed E-state index contributed by atoms with van der Waals surface area (Å²) < 4.78 is 33.0. The zero-order valence-electron chi connectivity index (χ0n) is 48.5. The highest BCUT2D eigenvalue weighted by Gasteiger charge is 2.29. The highest BCUT2D eigenvalue weighted by Crippen LogP contribution is 2.18. The summed E-state index contributed by atoms with van der Waals surface area (Å²) in [5.41, 5.74) is 0. The summed E-state index contributed by atoms with van der Waals surface area (Å²) in [6, 6.07) is 0. The van der Waals surface area contributed by atoms with Gasteiger partial charge in [0.15, 0.2) is 13.1 Å². The number of nitrogens with zero attached hydrogens (tertiary/aromatic N) is 2. The minimum Gasteiger partial charge on any atom is -1.00 e. The Bertz CT molecular complexity index is 1450. The smallest absolute Gasteiger partial charge is 0.362 e. The summed E-state index contributed by atoms with van der Waals surface area (Å²) in [4.78, 5) is 72.1. The molecule has 0 aromatic rings. The van der Waals surface area contributed by atoms with E-state index in [1.165, 1.54) is 13.8 Å². The monoisotopic (exact) mass is 1120 g/mol. The molecule has 0 spiro atoms. The van der Waals surface area contributed by atoms with Gasteiger partial charge in [-0.1, -0.05) is 102 Å². The number of carbonyl (C=O) groups is 6. The van der Waals surface area contributed by atoms with Gasteiger partial charge in [-0.05, 0) is 103 Å². The van der Waals surface area contributed by atoms with Crippen LogP contribution in [0.1, 0.15) is 207 Å². The van der Waals surface area contributed by atoms with Gasteiger partial charge in [-0.25, -0.2) is 9.59 Å². The first kappa shape index (κ1) is 77.0. The number of likely N-dealkylation sites (N-methyl/N-ethyl adjacent to an activating group) is 2. The Morgan fingerprint density at radius 3 is 1.12 bits per heavy atom. The first-order chi connectivity index (χ1) is 35.3. The Morgan fingerprint density at radius 1 is 0.421 bits per heavy atom. The maximum absolute atomic E-state index is 12.8. The molecule has 4 atom stereocenters. The molecule has 446 valence electrons. The van der Waals surface area contributed by atoms with Crippen molar-refractivity contribution in [3.05, 3.63) is 24.3 Å². The number of unbranched alkanes of at least 4 members (excludes halogenated alkanes) is 17. The van der Waals surface area contributed by atoms with Gasteiger partial charge >= 0.3 is 35.8 Å². The van der Waals surface area contributed by atoms with Crippen molar-refractivity contribution < 1.29 is 101 Å². The predicted octanol–water partition coefficient (Wildman–Crippen LogP) is 3.98. The van der Waals surface area contributed by atoms with Crippen LogP contribution >= 0.6 is 0 Å². The quantitative estimate of drug-likeness (QED) is 0.0292. The molecule has 0 amide bonds. The van der Waals surface area contributed by atoms with Crippen molar-refractivity contribution in [2.75, 3.05) is 80.8 Å². The van der Waals surface area contributed by atoms with E-state index in [0.29, 0.717) is 73.8 Å². The minimum absolute atomic E-state index is 0. The molecule has 0 radical (unpaired) electrons. The zero-order chi connectivity index (χ0) is 55.3. The van der Waals surface area contributed by atoms with Gasteiger partial charge in [0.2, 0.25) is 0 Å². The Morgan fingerprint density at radius 2 is 0.763 bits per heavy atom. The van der Waals surface area contributed by atoms with Gasteiger partial charge in [0.1, 0.15) is 38.5 Å². The fraction of sp³-hybridized carbons (Fsp3) is 0.828. The van der Waals surface area contributed by atoms with Crippen molar-refractivity contribution in [2.45, 2.75) is 232 Å². The van der Waals surface area contributed by atoms with Gasteiger partial charge in [0.05, 0.1) is 53.6 Å². The topological polar surface area (TPSA) is 198 Å². The Labute approximate surface area is 472 Å². The highest BCUT2D eigenvalue weighted by atomic mass is 35.5. The lowest BCUT2D eigenvalue weighted by atomic mass is 10.0. The Kier molecular flexibility index (Phi) is 50.6. The molecule has 4 unspecified atom stereocenters. The SMILES string of the molecule is CCCCCC(OC(=O)C[N+](C)(C)CCOC(C)=O)C(O)C/C=C\CCCCCCCC(=O)OCCCCCCOC(=O)CCCCCCC/C=C\CC(O)C(CCCCC)OC(=O)C[N+](C)(C)CCOC(C)=O.[Cl-].[Cl-]. The van der Waals surface area contributed by atoms with Crippen LogP contribution in [-0.4, -0.2) is 160 Å². The average molecular weight is 1130 g/mol. The molecule has 0 bridgehead atoms. The van der Waals surface area contributed by atoms with Crippen molar-refractivity contribution in [3.63, 3.8) is 0 Å². The van der Waals surface area contributed by atoms with E-state index in [4.69, 9.17) is 28.4 Å². The van der Waals surface area contributed by atoms with Crippen molar-refractivity contribution in [1.82, 2.24) is 0 Å². The number of carbonyl (C=O) groups excluding carboxylic acids is 6. The molecule has 18 heteroatoms. The summed E-state index contributed by atoms with van der Waals surface area (Å²) in [6.45, 7) is 9.43. The minimum atomic E-state index is -0.774. The van der Waals surface area contributed by atoms with Gasteiger partial charge in [0.25, 0.3) is 0 Å². The van der Waals surface area contributed by atoms with Crippen LogP contribution in [-0.2, 0) is 57.2 Å². The number of aliphatic hydroxyl groups excluding tert-OH is 2. The van der Waals surface area contributed by atoms with Gasteiger partial charge < -0.3 is 72.4 Å². The molecule has 0 fully saturated rings. The third-order valence-corrected chi connectivity index (χ3v) is 12.9. The molecule has 0 aliphatic heterocycles. The first-order valence-corrected chi connectivity index (χ1v) is 28.6. The molecule has 0 aromatic heterocycles. The van der Waals surface area contributed by atoms with E-state index in [0.717, 1.165) is 141 Å². The molecule has 2 N–H and O–H groups in total. The summed E-state index contributed by atoms with van der Waals surface area (Å²) >= 11 is 0. The maximum Gasteiger partial charge on any atom is 0.362 e. The number of ether oxygens (including phenoxy) is 6. The van der Waals surface area contributed by atoms with Crippen LogP contribution in [0.2, 0.25) is 0 Å². The van der Waals surface area contributed by atoms with Gasteiger partial charge in [-0.2, -0.15) is 0 Å². The van der Waals surface area contributed by atoms with Gasteiger partial charge in [-0.3, -0.25) is 19.2 Å². The normalized spacial score (nSPS) is 13.2. The van der Waals surface area contributed by atoms with E-state index in [2.05, 4.69) is 26.0 Å². The summed E-state index contributed by atoms with van der Waals surface area (Å²) in [7, 11) is 7.52. The van der Waals surface area contributed by atoms with E-state index in [9.17, 15) is 39.0 Å². The molecule has 0 aromatic carbocycles. The van der Waals surface area contributed by atoms with Crippen LogP contribution < -0.4 is 24.8 Å². The van der Waals surface area contributed by atoms with Crippen LogP contribution in [0.4, 0.5) is 0 Å².